The van der Waals surface area contributed by atoms with Crippen molar-refractivity contribution in [2.24, 2.45) is 0 Å². The van der Waals surface area contributed by atoms with Crippen LogP contribution in [0, 0.1) is 5.82 Å². The Morgan fingerprint density at radius 3 is 2.57 bits per heavy atom. The Bertz CT molecular complexity index is 670. The predicted molar refractivity (Wildman–Crippen MR) is 87.8 cm³/mol. The first-order valence-electron chi connectivity index (χ1n) is 7.76. The number of anilines is 1. The molecule has 5 heteroatoms. The molecule has 0 atom stereocenters. The van der Waals surface area contributed by atoms with Crippen molar-refractivity contribution in [3.8, 4) is 11.1 Å². The molecule has 0 saturated carbocycles. The molecule has 0 unspecified atom stereocenters. The van der Waals surface area contributed by atoms with Crippen LogP contribution in [0.5, 0.6) is 0 Å². The molecule has 120 valence electrons. The van der Waals surface area contributed by atoms with Crippen LogP contribution in [0.4, 0.5) is 14.9 Å². The van der Waals surface area contributed by atoms with Crippen LogP contribution in [0.25, 0.3) is 11.1 Å². The van der Waals surface area contributed by atoms with Crippen LogP contribution < -0.4 is 10.6 Å². The largest absolute Gasteiger partial charge is 0.446 e. The van der Waals surface area contributed by atoms with Gasteiger partial charge in [0.25, 0.3) is 0 Å². The van der Waals surface area contributed by atoms with Crippen LogP contribution in [0.2, 0.25) is 0 Å². The number of para-hydroxylation sites is 1. The molecule has 1 heterocycles. The first kappa shape index (κ1) is 15.5. The zero-order valence-electron chi connectivity index (χ0n) is 12.7. The molecular formula is C18H19FN2O2. The fourth-order valence-electron chi connectivity index (χ4n) is 2.71. The summed E-state index contributed by atoms with van der Waals surface area (Å²) in [6.07, 6.45) is 0.814. The molecule has 1 saturated heterocycles. The van der Waals surface area contributed by atoms with Crippen molar-refractivity contribution in [3.05, 3.63) is 54.3 Å². The lowest BCUT2D eigenvalue weighted by atomic mass is 10.0. The molecule has 0 aliphatic carbocycles. The molecule has 2 aromatic rings. The Balaban J connectivity index is 1.78. The molecule has 3 rings (SSSR count). The summed E-state index contributed by atoms with van der Waals surface area (Å²) in [5.41, 5.74) is 1.62. The highest BCUT2D eigenvalue weighted by Gasteiger charge is 2.19. The molecule has 1 aliphatic rings. The highest BCUT2D eigenvalue weighted by atomic mass is 19.1. The van der Waals surface area contributed by atoms with Crippen LogP contribution in [0.15, 0.2) is 48.5 Å². The number of benzene rings is 2. The normalized spacial score (nSPS) is 15.2. The van der Waals surface area contributed by atoms with E-state index in [1.54, 1.807) is 12.1 Å². The number of piperidine rings is 1. The molecule has 1 aliphatic heterocycles. The van der Waals surface area contributed by atoms with E-state index in [-0.39, 0.29) is 11.8 Å². The van der Waals surface area contributed by atoms with E-state index in [1.165, 1.54) is 6.07 Å². The van der Waals surface area contributed by atoms with Gasteiger partial charge >= 0.3 is 6.09 Å². The second-order valence-corrected chi connectivity index (χ2v) is 5.51. The summed E-state index contributed by atoms with van der Waals surface area (Å²) in [7, 11) is 0. The smallest absolute Gasteiger partial charge is 0.412 e. The number of hydrogen-bond donors (Lipinski definition) is 2. The summed E-state index contributed by atoms with van der Waals surface area (Å²) in [6.45, 7) is 1.65. The van der Waals surface area contributed by atoms with Gasteiger partial charge in [0.1, 0.15) is 11.9 Å². The van der Waals surface area contributed by atoms with Crippen LogP contribution in [0.3, 0.4) is 0 Å². The molecule has 0 spiro atoms. The Morgan fingerprint density at radius 2 is 1.83 bits per heavy atom. The van der Waals surface area contributed by atoms with Crippen molar-refractivity contribution in [1.29, 1.82) is 0 Å². The minimum Gasteiger partial charge on any atom is -0.446 e. The Morgan fingerprint density at radius 1 is 1.09 bits per heavy atom. The zero-order valence-corrected chi connectivity index (χ0v) is 12.7. The van der Waals surface area contributed by atoms with Crippen LogP contribution in [-0.4, -0.2) is 25.3 Å². The molecule has 0 aromatic heterocycles. The van der Waals surface area contributed by atoms with Gasteiger partial charge in [0.05, 0.1) is 5.69 Å². The minimum atomic E-state index is -0.612. The zero-order chi connectivity index (χ0) is 16.1. The second-order valence-electron chi connectivity index (χ2n) is 5.51. The Labute approximate surface area is 134 Å². The van der Waals surface area contributed by atoms with Gasteiger partial charge in [-0.25, -0.2) is 9.18 Å². The average Bonchev–Trinajstić information content (AvgIpc) is 2.58. The number of rotatable bonds is 3. The van der Waals surface area contributed by atoms with Gasteiger partial charge in [-0.2, -0.15) is 0 Å². The lowest BCUT2D eigenvalue weighted by Gasteiger charge is -2.23. The monoisotopic (exact) mass is 314 g/mol. The third kappa shape index (κ3) is 3.87. The third-order valence-electron chi connectivity index (χ3n) is 3.89. The van der Waals surface area contributed by atoms with Gasteiger partial charge < -0.3 is 10.1 Å². The third-order valence-corrected chi connectivity index (χ3v) is 3.89. The van der Waals surface area contributed by atoms with Gasteiger partial charge in [0, 0.05) is 5.56 Å². The average molecular weight is 314 g/mol. The van der Waals surface area contributed by atoms with Crippen molar-refractivity contribution in [2.75, 3.05) is 18.4 Å². The summed E-state index contributed by atoms with van der Waals surface area (Å²) < 4.78 is 19.6. The van der Waals surface area contributed by atoms with E-state index in [1.807, 2.05) is 30.3 Å². The number of carbonyl (C=O) groups is 1. The fraction of sp³-hybridized carbons (Fsp3) is 0.278. The molecule has 0 bridgehead atoms. The van der Waals surface area contributed by atoms with E-state index in [9.17, 15) is 9.18 Å². The van der Waals surface area contributed by atoms with Crippen LogP contribution in [-0.2, 0) is 4.74 Å². The predicted octanol–water partition coefficient (Wildman–Crippen LogP) is 3.79. The molecule has 23 heavy (non-hydrogen) atoms. The number of halogens is 1. The maximum atomic E-state index is 14.2. The molecule has 2 aromatic carbocycles. The second kappa shape index (κ2) is 7.24. The maximum absolute atomic E-state index is 14.2. The van der Waals surface area contributed by atoms with Crippen molar-refractivity contribution in [1.82, 2.24) is 5.32 Å². The molecule has 2 N–H and O–H groups in total. The van der Waals surface area contributed by atoms with Crippen LogP contribution in [0.1, 0.15) is 12.8 Å². The van der Waals surface area contributed by atoms with E-state index in [4.69, 9.17) is 4.74 Å². The quantitative estimate of drug-likeness (QED) is 0.906. The number of carbonyl (C=O) groups excluding carboxylic acids is 1. The van der Waals surface area contributed by atoms with E-state index in [2.05, 4.69) is 10.6 Å². The van der Waals surface area contributed by atoms with Gasteiger partial charge in [-0.05, 0) is 37.6 Å². The number of ether oxygens (including phenoxy) is 1. The molecular weight excluding hydrogens is 295 g/mol. The van der Waals surface area contributed by atoms with Crippen molar-refractivity contribution >= 4 is 11.8 Å². The summed E-state index contributed by atoms with van der Waals surface area (Å²) in [6, 6.07) is 14.1. The summed E-state index contributed by atoms with van der Waals surface area (Å²) in [5.74, 6) is -0.478. The van der Waals surface area contributed by atoms with E-state index < -0.39 is 11.9 Å². The maximum Gasteiger partial charge on any atom is 0.412 e. The Kier molecular flexibility index (Phi) is 4.88. The van der Waals surface area contributed by atoms with Crippen molar-refractivity contribution in [2.45, 2.75) is 18.9 Å². The summed E-state index contributed by atoms with van der Waals surface area (Å²) >= 11 is 0. The highest BCUT2D eigenvalue weighted by Crippen LogP contribution is 2.30. The van der Waals surface area contributed by atoms with Crippen molar-refractivity contribution < 1.29 is 13.9 Å². The highest BCUT2D eigenvalue weighted by molar-refractivity contribution is 5.91. The number of nitrogens with one attached hydrogen (secondary N) is 2. The Hall–Kier alpha value is -2.40. The molecule has 4 nitrogen and oxygen atoms in total. The first-order valence-corrected chi connectivity index (χ1v) is 7.76. The molecule has 1 fully saturated rings. The van der Waals surface area contributed by atoms with Crippen LogP contribution >= 0.6 is 0 Å². The van der Waals surface area contributed by atoms with Gasteiger partial charge in [0.2, 0.25) is 0 Å². The number of hydrogen-bond acceptors (Lipinski definition) is 3. The van der Waals surface area contributed by atoms with E-state index in [0.29, 0.717) is 5.56 Å². The molecule has 1 amide bonds. The van der Waals surface area contributed by atoms with Gasteiger partial charge in [-0.1, -0.05) is 42.5 Å². The van der Waals surface area contributed by atoms with Gasteiger partial charge in [0.15, 0.2) is 0 Å². The minimum absolute atomic E-state index is 0.122. The van der Waals surface area contributed by atoms with Gasteiger partial charge in [-0.15, -0.1) is 0 Å². The lowest BCUT2D eigenvalue weighted by Crippen LogP contribution is -2.34. The standard InChI is InChI=1S/C18H19FN2O2/c19-16-8-4-7-15(13-5-2-1-3-6-13)17(16)21-18(22)23-14-9-11-20-12-10-14/h1-8,14,20H,9-12H2,(H,21,22). The van der Waals surface area contributed by atoms with E-state index >= 15 is 0 Å². The topological polar surface area (TPSA) is 50.4 Å². The summed E-state index contributed by atoms with van der Waals surface area (Å²) in [5, 5.41) is 5.77. The van der Waals surface area contributed by atoms with Gasteiger partial charge in [-0.3, -0.25) is 5.32 Å². The van der Waals surface area contributed by atoms with Crippen molar-refractivity contribution in [3.63, 3.8) is 0 Å². The number of amides is 1. The fourth-order valence-corrected chi connectivity index (χ4v) is 2.71. The molecule has 0 radical (unpaired) electrons. The first-order chi connectivity index (χ1) is 11.2. The SMILES string of the molecule is O=C(Nc1c(F)cccc1-c1ccccc1)OC1CCNCC1. The summed E-state index contributed by atoms with van der Waals surface area (Å²) in [4.78, 5) is 12.1. The lowest BCUT2D eigenvalue weighted by molar-refractivity contribution is 0.0908. The van der Waals surface area contributed by atoms with E-state index in [0.717, 1.165) is 31.5 Å².